The number of halogens is 1. The largest absolute Gasteiger partial charge is 0.457 e. The number of para-hydroxylation sites is 2. The molecule has 1 aromatic heterocycles. The van der Waals surface area contributed by atoms with E-state index in [-0.39, 0.29) is 16.1 Å². The molecule has 0 aliphatic rings. The highest BCUT2D eigenvalue weighted by Crippen LogP contribution is 2.31. The van der Waals surface area contributed by atoms with Gasteiger partial charge in [0.25, 0.3) is 15.9 Å². The second-order valence-electron chi connectivity index (χ2n) is 8.02. The Hall–Kier alpha value is -4.21. The van der Waals surface area contributed by atoms with Crippen LogP contribution in [0.5, 0.6) is 11.5 Å². The molecule has 1 heterocycles. The van der Waals surface area contributed by atoms with E-state index in [1.54, 1.807) is 66.7 Å². The van der Waals surface area contributed by atoms with Crippen LogP contribution in [0.25, 0.3) is 10.9 Å². The summed E-state index contributed by atoms with van der Waals surface area (Å²) in [4.78, 5) is 17.6. The van der Waals surface area contributed by atoms with Crippen molar-refractivity contribution in [3.05, 3.63) is 119 Å². The second-order valence-corrected chi connectivity index (χ2v) is 10.6. The van der Waals surface area contributed by atoms with Gasteiger partial charge in [-0.05, 0) is 60.7 Å². The van der Waals surface area contributed by atoms with Gasteiger partial charge in [-0.15, -0.1) is 0 Å². The minimum atomic E-state index is -4.09. The summed E-state index contributed by atoms with van der Waals surface area (Å²) in [5.41, 5.74) is 1.09. The van der Waals surface area contributed by atoms with Crippen LogP contribution in [-0.4, -0.2) is 19.3 Å². The maximum Gasteiger partial charge on any atom is 0.264 e. The van der Waals surface area contributed by atoms with E-state index in [1.165, 1.54) is 24.4 Å². The molecule has 0 spiro atoms. The summed E-state index contributed by atoms with van der Waals surface area (Å²) in [5, 5.41) is 3.49. The van der Waals surface area contributed by atoms with Crippen LogP contribution in [0.4, 0.5) is 11.4 Å². The molecule has 37 heavy (non-hydrogen) atoms. The number of nitrogens with one attached hydrogen (secondary N) is 2. The standard InChI is InChI=1S/C28H20BrN3O4S/c29-20-9-5-12-22(17-20)36-23-14-15-25(24(18-23)28(33)31-21-10-2-1-3-11-21)32-37(34,35)26-13-4-7-19-8-6-16-30-27(19)26/h1-18,32H,(H,31,33). The Morgan fingerprint density at radius 2 is 1.57 bits per heavy atom. The van der Waals surface area contributed by atoms with Crippen LogP contribution in [0.2, 0.25) is 0 Å². The number of carbonyl (C=O) groups excluding carboxylic acids is 1. The van der Waals surface area contributed by atoms with Gasteiger partial charge in [0.15, 0.2) is 0 Å². The van der Waals surface area contributed by atoms with E-state index in [9.17, 15) is 13.2 Å². The van der Waals surface area contributed by atoms with Crippen LogP contribution in [0, 0.1) is 0 Å². The lowest BCUT2D eigenvalue weighted by molar-refractivity contribution is 0.102. The van der Waals surface area contributed by atoms with Crippen LogP contribution < -0.4 is 14.8 Å². The second kappa shape index (κ2) is 10.4. The number of hydrogen-bond acceptors (Lipinski definition) is 5. The average Bonchev–Trinajstić information content (AvgIpc) is 2.89. The summed E-state index contributed by atoms with van der Waals surface area (Å²) in [6, 6.07) is 29.2. The summed E-state index contributed by atoms with van der Waals surface area (Å²) in [6.07, 6.45) is 1.54. The molecule has 0 aliphatic heterocycles. The molecular formula is C28H20BrN3O4S. The average molecular weight is 574 g/mol. The lowest BCUT2D eigenvalue weighted by atomic mass is 10.1. The van der Waals surface area contributed by atoms with Crippen LogP contribution in [0.1, 0.15) is 10.4 Å². The number of aromatic nitrogens is 1. The fourth-order valence-corrected chi connectivity index (χ4v) is 5.38. The Kier molecular flexibility index (Phi) is 6.89. The van der Waals surface area contributed by atoms with Crippen molar-refractivity contribution in [2.75, 3.05) is 10.0 Å². The highest BCUT2D eigenvalue weighted by molar-refractivity contribution is 9.10. The van der Waals surface area contributed by atoms with E-state index in [2.05, 4.69) is 31.0 Å². The first-order chi connectivity index (χ1) is 17.9. The van der Waals surface area contributed by atoms with E-state index in [0.717, 1.165) is 4.47 Å². The van der Waals surface area contributed by atoms with Gasteiger partial charge in [0.1, 0.15) is 16.4 Å². The molecule has 0 unspecified atom stereocenters. The summed E-state index contributed by atoms with van der Waals surface area (Å²) < 4.78 is 36.2. The van der Waals surface area contributed by atoms with E-state index in [4.69, 9.17) is 4.74 Å². The van der Waals surface area contributed by atoms with Crippen molar-refractivity contribution >= 4 is 54.1 Å². The van der Waals surface area contributed by atoms with Crippen molar-refractivity contribution in [2.24, 2.45) is 0 Å². The first-order valence-electron chi connectivity index (χ1n) is 11.2. The maximum absolute atomic E-state index is 13.4. The number of anilines is 2. The third kappa shape index (κ3) is 5.63. The van der Waals surface area contributed by atoms with Gasteiger partial charge in [-0.25, -0.2) is 8.42 Å². The monoisotopic (exact) mass is 573 g/mol. The number of hydrogen-bond donors (Lipinski definition) is 2. The Morgan fingerprint density at radius 3 is 2.38 bits per heavy atom. The van der Waals surface area contributed by atoms with Gasteiger partial charge < -0.3 is 10.1 Å². The first-order valence-corrected chi connectivity index (χ1v) is 13.5. The van der Waals surface area contributed by atoms with Gasteiger partial charge in [0.2, 0.25) is 0 Å². The molecule has 5 rings (SSSR count). The lowest BCUT2D eigenvalue weighted by Gasteiger charge is -2.15. The molecule has 0 radical (unpaired) electrons. The Labute approximate surface area is 222 Å². The van der Waals surface area contributed by atoms with Crippen LogP contribution in [-0.2, 0) is 10.0 Å². The number of pyridine rings is 1. The number of amides is 1. The van der Waals surface area contributed by atoms with Gasteiger partial charge in [-0.2, -0.15) is 0 Å². The van der Waals surface area contributed by atoms with Crippen LogP contribution in [0.3, 0.4) is 0 Å². The third-order valence-electron chi connectivity index (χ3n) is 5.43. The fourth-order valence-electron chi connectivity index (χ4n) is 3.74. The number of ether oxygens (including phenoxy) is 1. The smallest absolute Gasteiger partial charge is 0.264 e. The molecule has 9 heteroatoms. The molecule has 1 amide bonds. The van der Waals surface area contributed by atoms with Gasteiger partial charge in [-0.1, -0.05) is 58.4 Å². The number of carbonyl (C=O) groups is 1. The predicted molar refractivity (Wildman–Crippen MR) is 148 cm³/mol. The van der Waals surface area contributed by atoms with Crippen LogP contribution >= 0.6 is 15.9 Å². The number of fused-ring (bicyclic) bond motifs is 1. The lowest BCUT2D eigenvalue weighted by Crippen LogP contribution is -2.19. The van der Waals surface area contributed by atoms with E-state index in [0.29, 0.717) is 28.1 Å². The minimum Gasteiger partial charge on any atom is -0.457 e. The fraction of sp³-hybridized carbons (Fsp3) is 0. The summed E-state index contributed by atoms with van der Waals surface area (Å²) >= 11 is 3.41. The molecule has 0 bridgehead atoms. The van der Waals surface area contributed by atoms with E-state index < -0.39 is 15.9 Å². The number of nitrogens with zero attached hydrogens (tertiary/aromatic N) is 1. The summed E-state index contributed by atoms with van der Waals surface area (Å²) in [5.74, 6) is 0.421. The van der Waals surface area contributed by atoms with Crippen LogP contribution in [0.15, 0.2) is 119 Å². The molecule has 2 N–H and O–H groups in total. The Balaban J connectivity index is 1.53. The molecule has 7 nitrogen and oxygen atoms in total. The Bertz CT molecular complexity index is 1700. The molecule has 0 atom stereocenters. The van der Waals surface area contributed by atoms with Crippen molar-refractivity contribution < 1.29 is 17.9 Å². The molecule has 0 fully saturated rings. The number of benzene rings is 4. The van der Waals surface area contributed by atoms with Gasteiger partial charge >= 0.3 is 0 Å². The number of sulfonamides is 1. The predicted octanol–water partition coefficient (Wildman–Crippen LogP) is 6.84. The minimum absolute atomic E-state index is 0.00878. The zero-order valence-corrected chi connectivity index (χ0v) is 21.7. The molecule has 0 saturated carbocycles. The van der Waals surface area contributed by atoms with Crippen molar-refractivity contribution in [3.63, 3.8) is 0 Å². The van der Waals surface area contributed by atoms with Crippen molar-refractivity contribution in [1.82, 2.24) is 4.98 Å². The van der Waals surface area contributed by atoms with Crippen molar-refractivity contribution in [2.45, 2.75) is 4.90 Å². The van der Waals surface area contributed by atoms with Crippen molar-refractivity contribution in [1.29, 1.82) is 0 Å². The molecule has 0 aliphatic carbocycles. The summed E-state index contributed by atoms with van der Waals surface area (Å²) in [7, 11) is -4.09. The molecule has 5 aromatic rings. The van der Waals surface area contributed by atoms with Gasteiger partial charge in [0.05, 0.1) is 16.8 Å². The normalized spacial score (nSPS) is 11.2. The van der Waals surface area contributed by atoms with Gasteiger partial charge in [-0.3, -0.25) is 14.5 Å². The maximum atomic E-state index is 13.4. The SMILES string of the molecule is O=C(Nc1ccccc1)c1cc(Oc2cccc(Br)c2)ccc1NS(=O)(=O)c1cccc2cccnc12. The topological polar surface area (TPSA) is 97.4 Å². The molecule has 184 valence electrons. The van der Waals surface area contributed by atoms with E-state index >= 15 is 0 Å². The van der Waals surface area contributed by atoms with Gasteiger partial charge in [0, 0.05) is 21.7 Å². The number of rotatable bonds is 7. The first kappa shape index (κ1) is 24.5. The van der Waals surface area contributed by atoms with E-state index in [1.807, 2.05) is 18.2 Å². The highest BCUT2D eigenvalue weighted by atomic mass is 79.9. The summed E-state index contributed by atoms with van der Waals surface area (Å²) in [6.45, 7) is 0. The highest BCUT2D eigenvalue weighted by Gasteiger charge is 2.22. The van der Waals surface area contributed by atoms with Crippen molar-refractivity contribution in [3.8, 4) is 11.5 Å². The molecule has 4 aromatic carbocycles. The zero-order chi connectivity index (χ0) is 25.8. The zero-order valence-electron chi connectivity index (χ0n) is 19.3. The molecular weight excluding hydrogens is 554 g/mol. The third-order valence-corrected chi connectivity index (χ3v) is 7.32. The molecule has 0 saturated heterocycles. The Morgan fingerprint density at radius 1 is 0.811 bits per heavy atom. The quantitative estimate of drug-likeness (QED) is 0.222.